The molecule has 0 unspecified atom stereocenters. The summed E-state index contributed by atoms with van der Waals surface area (Å²) in [6.45, 7) is 2.02. The molecule has 0 saturated carbocycles. The maximum absolute atomic E-state index is 9.78. The summed E-state index contributed by atoms with van der Waals surface area (Å²) in [4.78, 5) is 8.11. The number of hydrogen-bond donors (Lipinski definition) is 1. The summed E-state index contributed by atoms with van der Waals surface area (Å²) in [6, 6.07) is 23.5. The second kappa shape index (κ2) is 8.95. The van der Waals surface area contributed by atoms with E-state index in [9.17, 15) is 10.5 Å². The van der Waals surface area contributed by atoms with Crippen molar-refractivity contribution >= 4 is 5.57 Å². The van der Waals surface area contributed by atoms with E-state index in [1.54, 1.807) is 30.9 Å². The predicted molar refractivity (Wildman–Crippen MR) is 125 cm³/mol. The number of pyridine rings is 2. The highest BCUT2D eigenvalue weighted by molar-refractivity contribution is 5.87. The molecule has 0 aliphatic rings. The molecule has 5 nitrogen and oxygen atoms in total. The molecule has 0 radical (unpaired) electrons. The van der Waals surface area contributed by atoms with Gasteiger partial charge in [0.2, 0.25) is 0 Å². The Morgan fingerprint density at radius 3 is 1.81 bits per heavy atom. The molecule has 0 aliphatic heterocycles. The molecule has 2 aromatic heterocycles. The van der Waals surface area contributed by atoms with E-state index in [2.05, 4.69) is 22.1 Å². The van der Waals surface area contributed by atoms with Crippen LogP contribution in [0.1, 0.15) is 22.3 Å². The summed E-state index contributed by atoms with van der Waals surface area (Å²) in [7, 11) is 0. The summed E-state index contributed by atoms with van der Waals surface area (Å²) in [5.41, 5.74) is 13.8. The van der Waals surface area contributed by atoms with Crippen LogP contribution in [0.2, 0.25) is 0 Å². The number of rotatable bonds is 4. The van der Waals surface area contributed by atoms with Crippen molar-refractivity contribution in [2.24, 2.45) is 5.73 Å². The molecule has 5 heteroatoms. The summed E-state index contributed by atoms with van der Waals surface area (Å²) in [5, 5.41) is 19.4. The molecule has 0 aliphatic carbocycles. The van der Waals surface area contributed by atoms with Crippen molar-refractivity contribution in [3.63, 3.8) is 0 Å². The summed E-state index contributed by atoms with van der Waals surface area (Å²) >= 11 is 0. The Morgan fingerprint density at radius 1 is 0.750 bits per heavy atom. The van der Waals surface area contributed by atoms with Crippen molar-refractivity contribution in [2.75, 3.05) is 0 Å². The van der Waals surface area contributed by atoms with Gasteiger partial charge in [0.05, 0.1) is 11.6 Å². The van der Waals surface area contributed by atoms with E-state index in [1.807, 2.05) is 61.5 Å². The lowest BCUT2D eigenvalue weighted by molar-refractivity contribution is 1.32. The van der Waals surface area contributed by atoms with Gasteiger partial charge in [-0.1, -0.05) is 30.3 Å². The average molecular weight is 413 g/mol. The first kappa shape index (κ1) is 20.5. The Morgan fingerprint density at radius 2 is 1.28 bits per heavy atom. The van der Waals surface area contributed by atoms with Gasteiger partial charge in [-0.3, -0.25) is 9.97 Å². The fraction of sp³-hybridized carbons (Fsp3) is 0.0370. The minimum Gasteiger partial charge on any atom is -0.390 e. The molecule has 0 spiro atoms. The van der Waals surface area contributed by atoms with Gasteiger partial charge in [0, 0.05) is 30.4 Å². The third kappa shape index (κ3) is 3.96. The Hall–Kier alpha value is -4.74. The monoisotopic (exact) mass is 413 g/mol. The zero-order chi connectivity index (χ0) is 22.5. The van der Waals surface area contributed by atoms with Gasteiger partial charge in [-0.2, -0.15) is 10.5 Å². The van der Waals surface area contributed by atoms with Crippen LogP contribution in [-0.2, 0) is 0 Å². The zero-order valence-corrected chi connectivity index (χ0v) is 17.4. The van der Waals surface area contributed by atoms with Gasteiger partial charge in [-0.25, -0.2) is 0 Å². The summed E-state index contributed by atoms with van der Waals surface area (Å²) < 4.78 is 0. The normalized spacial score (nSPS) is 11.2. The number of allylic oxidation sites excluding steroid dienone is 1. The van der Waals surface area contributed by atoms with Gasteiger partial charge in [-0.15, -0.1) is 0 Å². The minimum absolute atomic E-state index is 0.0987. The largest absolute Gasteiger partial charge is 0.390 e. The SMILES string of the molecule is Cc1cc(/C(=C(\N)C#N)c2ccc(-c3ccncc3)c(C#N)c2)ccc1-c1ccncc1. The molecule has 4 rings (SSSR count). The van der Waals surface area contributed by atoms with Crippen molar-refractivity contribution in [3.05, 3.63) is 113 Å². The topological polar surface area (TPSA) is 99.4 Å². The summed E-state index contributed by atoms with van der Waals surface area (Å²) in [6.07, 6.45) is 6.90. The molecule has 0 saturated heterocycles. The molecular weight excluding hydrogens is 394 g/mol. The first-order chi connectivity index (χ1) is 15.6. The van der Waals surface area contributed by atoms with Crippen LogP contribution >= 0.6 is 0 Å². The molecule has 2 N–H and O–H groups in total. The molecule has 0 bridgehead atoms. The highest BCUT2D eigenvalue weighted by atomic mass is 14.6. The first-order valence-electron chi connectivity index (χ1n) is 9.98. The van der Waals surface area contributed by atoms with Crippen molar-refractivity contribution in [1.82, 2.24) is 9.97 Å². The van der Waals surface area contributed by atoms with Crippen LogP contribution in [0.25, 0.3) is 27.8 Å². The lowest BCUT2D eigenvalue weighted by atomic mass is 9.89. The van der Waals surface area contributed by atoms with E-state index < -0.39 is 0 Å². The Kier molecular flexibility index (Phi) is 5.74. The average Bonchev–Trinajstić information content (AvgIpc) is 2.85. The van der Waals surface area contributed by atoms with Crippen LogP contribution in [-0.4, -0.2) is 9.97 Å². The highest BCUT2D eigenvalue weighted by Crippen LogP contribution is 2.33. The van der Waals surface area contributed by atoms with E-state index >= 15 is 0 Å². The van der Waals surface area contributed by atoms with Gasteiger partial charge in [0.1, 0.15) is 11.8 Å². The fourth-order valence-corrected chi connectivity index (χ4v) is 3.78. The Bertz CT molecular complexity index is 1390. The standard InChI is InChI=1S/C27H19N5/c1-18-14-21(2-4-24(18)19-6-10-31-11-7-19)27(26(30)17-29)22-3-5-25(23(15-22)16-28)20-8-12-32-13-9-20/h2-15H,30H2,1H3/b27-26+. The molecule has 4 aromatic rings. The van der Waals surface area contributed by atoms with E-state index in [4.69, 9.17) is 5.73 Å². The molecule has 32 heavy (non-hydrogen) atoms. The van der Waals surface area contributed by atoms with Crippen molar-refractivity contribution in [1.29, 1.82) is 10.5 Å². The van der Waals surface area contributed by atoms with Crippen molar-refractivity contribution in [3.8, 4) is 34.4 Å². The quantitative estimate of drug-likeness (QED) is 0.462. The Labute approximate surface area is 186 Å². The van der Waals surface area contributed by atoms with Gasteiger partial charge in [0.15, 0.2) is 0 Å². The highest BCUT2D eigenvalue weighted by Gasteiger charge is 2.15. The third-order valence-electron chi connectivity index (χ3n) is 5.32. The second-order valence-electron chi connectivity index (χ2n) is 7.27. The Balaban J connectivity index is 1.82. The van der Waals surface area contributed by atoms with Gasteiger partial charge in [0.25, 0.3) is 0 Å². The fourth-order valence-electron chi connectivity index (χ4n) is 3.78. The molecule has 0 amide bonds. The molecule has 2 aromatic carbocycles. The maximum atomic E-state index is 9.78. The third-order valence-corrected chi connectivity index (χ3v) is 5.32. The number of nitriles is 2. The summed E-state index contributed by atoms with van der Waals surface area (Å²) in [5.74, 6) is 0. The number of nitrogens with two attached hydrogens (primary N) is 1. The number of aryl methyl sites for hydroxylation is 1. The maximum Gasteiger partial charge on any atom is 0.119 e. The van der Waals surface area contributed by atoms with Crippen molar-refractivity contribution < 1.29 is 0 Å². The molecule has 152 valence electrons. The number of aromatic nitrogens is 2. The van der Waals surface area contributed by atoms with E-state index in [0.29, 0.717) is 11.1 Å². The van der Waals surface area contributed by atoms with Gasteiger partial charge >= 0.3 is 0 Å². The molecule has 0 atom stereocenters. The van der Waals surface area contributed by atoms with Crippen LogP contribution in [0.4, 0.5) is 0 Å². The molecule has 2 heterocycles. The van der Waals surface area contributed by atoms with Crippen LogP contribution in [0.3, 0.4) is 0 Å². The lowest BCUT2D eigenvalue weighted by Gasteiger charge is -2.14. The number of hydrogen-bond acceptors (Lipinski definition) is 5. The second-order valence-corrected chi connectivity index (χ2v) is 7.27. The van der Waals surface area contributed by atoms with Crippen LogP contribution in [0.5, 0.6) is 0 Å². The molecule has 0 fully saturated rings. The smallest absolute Gasteiger partial charge is 0.119 e. The van der Waals surface area contributed by atoms with Gasteiger partial charge in [-0.05, 0) is 76.2 Å². The first-order valence-corrected chi connectivity index (χ1v) is 9.98. The van der Waals surface area contributed by atoms with Crippen LogP contribution in [0, 0.1) is 29.6 Å². The van der Waals surface area contributed by atoms with Crippen LogP contribution in [0.15, 0.2) is 91.1 Å². The zero-order valence-electron chi connectivity index (χ0n) is 17.4. The number of nitrogens with zero attached hydrogens (tertiary/aromatic N) is 4. The van der Waals surface area contributed by atoms with Crippen molar-refractivity contribution in [2.45, 2.75) is 6.92 Å². The minimum atomic E-state index is 0.0987. The predicted octanol–water partition coefficient (Wildman–Crippen LogP) is 5.23. The van der Waals surface area contributed by atoms with E-state index in [0.717, 1.165) is 38.9 Å². The van der Waals surface area contributed by atoms with Gasteiger partial charge < -0.3 is 5.73 Å². The van der Waals surface area contributed by atoms with E-state index in [-0.39, 0.29) is 5.70 Å². The lowest BCUT2D eigenvalue weighted by Crippen LogP contribution is -2.03. The molecular formula is C27H19N5. The van der Waals surface area contributed by atoms with Crippen LogP contribution < -0.4 is 5.73 Å². The number of benzene rings is 2. The van der Waals surface area contributed by atoms with E-state index in [1.165, 1.54) is 0 Å².